The third-order valence-corrected chi connectivity index (χ3v) is 3.57. The minimum Gasteiger partial charge on any atom is -0.377 e. The molecule has 0 aromatic rings. The lowest BCUT2D eigenvalue weighted by molar-refractivity contribution is -0.0824. The van der Waals surface area contributed by atoms with E-state index in [4.69, 9.17) is 9.73 Å². The van der Waals surface area contributed by atoms with Gasteiger partial charge in [0.1, 0.15) is 0 Å². The van der Waals surface area contributed by atoms with E-state index in [-0.39, 0.29) is 5.41 Å². The van der Waals surface area contributed by atoms with Gasteiger partial charge in [-0.25, -0.2) is 0 Å². The molecule has 1 rings (SSSR count). The van der Waals surface area contributed by atoms with Crippen LogP contribution in [0.25, 0.3) is 0 Å². The molecule has 0 spiro atoms. The molecule has 4 nitrogen and oxygen atoms in total. The molecule has 4 heteroatoms. The Balaban J connectivity index is 2.75. The normalized spacial score (nSPS) is 23.9. The maximum Gasteiger partial charge on any atom is 0.195 e. The summed E-state index contributed by atoms with van der Waals surface area (Å²) in [5.74, 6) is 1.56. The lowest BCUT2D eigenvalue weighted by Gasteiger charge is -2.39. The molecule has 1 heterocycles. The zero-order valence-corrected chi connectivity index (χ0v) is 13.7. The van der Waals surface area contributed by atoms with E-state index >= 15 is 0 Å². The van der Waals surface area contributed by atoms with Crippen molar-refractivity contribution in [3.63, 3.8) is 0 Å². The molecule has 19 heavy (non-hydrogen) atoms. The highest BCUT2D eigenvalue weighted by Gasteiger charge is 2.35. The van der Waals surface area contributed by atoms with Gasteiger partial charge in [0.15, 0.2) is 5.96 Å². The number of nitrogens with zero attached hydrogens (tertiary/aromatic N) is 3. The van der Waals surface area contributed by atoms with Crippen LogP contribution in [-0.4, -0.2) is 63.2 Å². The number of ether oxygens (including phenoxy) is 1. The molecule has 0 aromatic carbocycles. The van der Waals surface area contributed by atoms with Gasteiger partial charge in [-0.05, 0) is 18.3 Å². The second kappa shape index (κ2) is 6.60. The van der Waals surface area contributed by atoms with Crippen LogP contribution in [0.15, 0.2) is 4.99 Å². The molecule has 0 radical (unpaired) electrons. The summed E-state index contributed by atoms with van der Waals surface area (Å²) in [5.41, 5.74) is 0.191. The molecule has 1 aliphatic heterocycles. The summed E-state index contributed by atoms with van der Waals surface area (Å²) < 4.78 is 6.01. The van der Waals surface area contributed by atoms with Gasteiger partial charge in [-0.2, -0.15) is 0 Å². The van der Waals surface area contributed by atoms with Gasteiger partial charge in [0.25, 0.3) is 0 Å². The topological polar surface area (TPSA) is 28.1 Å². The van der Waals surface area contributed by atoms with Crippen molar-refractivity contribution in [2.24, 2.45) is 16.3 Å². The maximum atomic E-state index is 6.01. The van der Waals surface area contributed by atoms with Gasteiger partial charge in [-0.3, -0.25) is 4.99 Å². The van der Waals surface area contributed by atoms with E-state index in [1.165, 1.54) is 6.42 Å². The first-order valence-corrected chi connectivity index (χ1v) is 7.24. The molecule has 112 valence electrons. The molecule has 0 bridgehead atoms. The van der Waals surface area contributed by atoms with Gasteiger partial charge in [0, 0.05) is 47.3 Å². The van der Waals surface area contributed by atoms with E-state index in [1.54, 1.807) is 0 Å². The molecule has 1 fully saturated rings. The highest BCUT2D eigenvalue weighted by Crippen LogP contribution is 2.34. The van der Waals surface area contributed by atoms with Gasteiger partial charge in [-0.15, -0.1) is 0 Å². The Morgan fingerprint density at radius 1 is 1.16 bits per heavy atom. The first-order chi connectivity index (χ1) is 8.73. The Morgan fingerprint density at radius 2 is 1.74 bits per heavy atom. The predicted octanol–water partition coefficient (Wildman–Crippen LogP) is 2.31. The van der Waals surface area contributed by atoms with E-state index in [1.807, 2.05) is 28.2 Å². The van der Waals surface area contributed by atoms with Crippen LogP contribution in [0, 0.1) is 11.3 Å². The zero-order valence-electron chi connectivity index (χ0n) is 13.7. The number of guanidine groups is 1. The molecule has 0 aromatic heterocycles. The number of hydrogen-bond acceptors (Lipinski definition) is 2. The average molecular weight is 269 g/mol. The third kappa shape index (κ3) is 4.68. The van der Waals surface area contributed by atoms with Crippen LogP contribution in [-0.2, 0) is 4.74 Å². The smallest absolute Gasteiger partial charge is 0.195 e. The summed E-state index contributed by atoms with van der Waals surface area (Å²) in [4.78, 5) is 8.93. The first-order valence-electron chi connectivity index (χ1n) is 7.24. The Hall–Kier alpha value is -0.770. The molecule has 0 aliphatic carbocycles. The Kier molecular flexibility index (Phi) is 5.65. The molecule has 2 atom stereocenters. The zero-order chi connectivity index (χ0) is 14.6. The largest absolute Gasteiger partial charge is 0.377 e. The van der Waals surface area contributed by atoms with E-state index in [0.717, 1.165) is 25.5 Å². The minimum absolute atomic E-state index is 0.191. The second-order valence-corrected chi connectivity index (χ2v) is 6.99. The van der Waals surface area contributed by atoms with Crippen LogP contribution in [0.2, 0.25) is 0 Å². The van der Waals surface area contributed by atoms with E-state index in [2.05, 4.69) is 30.6 Å². The standard InChI is InChI=1S/C15H31N3O/c1-15(2,3)13-12(9-8-10-19-13)11-16-14(17(4)5)18(6)7/h12-13H,8-11H2,1-7H3. The molecule has 0 saturated carbocycles. The van der Waals surface area contributed by atoms with Crippen molar-refractivity contribution in [1.29, 1.82) is 0 Å². The van der Waals surface area contributed by atoms with Crippen molar-refractivity contribution in [1.82, 2.24) is 9.80 Å². The Labute approximate surface area is 118 Å². The van der Waals surface area contributed by atoms with Crippen molar-refractivity contribution >= 4 is 5.96 Å². The van der Waals surface area contributed by atoms with Gasteiger partial charge in [-0.1, -0.05) is 20.8 Å². The van der Waals surface area contributed by atoms with Gasteiger partial charge < -0.3 is 14.5 Å². The van der Waals surface area contributed by atoms with Crippen LogP contribution in [0.1, 0.15) is 33.6 Å². The van der Waals surface area contributed by atoms with E-state index in [9.17, 15) is 0 Å². The molecule has 2 unspecified atom stereocenters. The molecule has 1 aliphatic rings. The molecule has 0 amide bonds. The molecule has 0 N–H and O–H groups in total. The summed E-state index contributed by atoms with van der Waals surface area (Å²) in [6, 6.07) is 0. The summed E-state index contributed by atoms with van der Waals surface area (Å²) in [5, 5.41) is 0. The summed E-state index contributed by atoms with van der Waals surface area (Å²) in [7, 11) is 8.16. The maximum absolute atomic E-state index is 6.01. The van der Waals surface area contributed by atoms with Crippen molar-refractivity contribution in [2.45, 2.75) is 39.7 Å². The lowest BCUT2D eigenvalue weighted by atomic mass is 9.78. The first kappa shape index (κ1) is 16.3. The van der Waals surface area contributed by atoms with Gasteiger partial charge in [0.05, 0.1) is 6.10 Å². The Bertz CT molecular complexity index is 295. The van der Waals surface area contributed by atoms with Crippen LogP contribution in [0.3, 0.4) is 0 Å². The molecule has 1 saturated heterocycles. The summed E-state index contributed by atoms with van der Waals surface area (Å²) in [6.07, 6.45) is 2.70. The molecular formula is C15H31N3O. The fourth-order valence-electron chi connectivity index (χ4n) is 2.87. The van der Waals surface area contributed by atoms with Crippen molar-refractivity contribution in [3.05, 3.63) is 0 Å². The van der Waals surface area contributed by atoms with Gasteiger partial charge >= 0.3 is 0 Å². The number of aliphatic imine (C=N–C) groups is 1. The lowest BCUT2D eigenvalue weighted by Crippen LogP contribution is -2.42. The van der Waals surface area contributed by atoms with E-state index in [0.29, 0.717) is 12.0 Å². The fraction of sp³-hybridized carbons (Fsp3) is 0.933. The Morgan fingerprint density at radius 3 is 2.21 bits per heavy atom. The summed E-state index contributed by atoms with van der Waals surface area (Å²) >= 11 is 0. The monoisotopic (exact) mass is 269 g/mol. The minimum atomic E-state index is 0.191. The van der Waals surface area contributed by atoms with E-state index < -0.39 is 0 Å². The number of hydrogen-bond donors (Lipinski definition) is 0. The average Bonchev–Trinajstić information content (AvgIpc) is 2.27. The van der Waals surface area contributed by atoms with Crippen LogP contribution in [0.4, 0.5) is 0 Å². The summed E-state index contributed by atoms with van der Waals surface area (Å²) in [6.45, 7) is 8.54. The highest BCUT2D eigenvalue weighted by atomic mass is 16.5. The third-order valence-electron chi connectivity index (χ3n) is 3.57. The van der Waals surface area contributed by atoms with Crippen molar-refractivity contribution in [3.8, 4) is 0 Å². The van der Waals surface area contributed by atoms with Gasteiger partial charge in [0.2, 0.25) is 0 Å². The fourth-order valence-corrected chi connectivity index (χ4v) is 2.87. The number of rotatable bonds is 2. The quantitative estimate of drug-likeness (QED) is 0.569. The SMILES string of the molecule is CN(C)C(=NCC1CCCOC1C(C)(C)C)N(C)C. The van der Waals surface area contributed by atoms with Crippen LogP contribution in [0.5, 0.6) is 0 Å². The van der Waals surface area contributed by atoms with Crippen molar-refractivity contribution in [2.75, 3.05) is 41.3 Å². The van der Waals surface area contributed by atoms with Crippen LogP contribution >= 0.6 is 0 Å². The highest BCUT2D eigenvalue weighted by molar-refractivity contribution is 5.79. The molecular weight excluding hydrogens is 238 g/mol. The predicted molar refractivity (Wildman–Crippen MR) is 81.6 cm³/mol. The second-order valence-electron chi connectivity index (χ2n) is 6.99. The van der Waals surface area contributed by atoms with Crippen LogP contribution < -0.4 is 0 Å². The van der Waals surface area contributed by atoms with Crippen molar-refractivity contribution < 1.29 is 4.74 Å².